The molecule has 188 valence electrons. The number of fused-ring (bicyclic) bond motifs is 2. The highest BCUT2D eigenvalue weighted by molar-refractivity contribution is 6.30. The van der Waals surface area contributed by atoms with Crippen LogP contribution in [0, 0.1) is 12.8 Å². The molecule has 0 saturated heterocycles. The molecule has 3 aromatic rings. The number of Topliss-reactive ketones (excluding diaryl/α,β-unsaturated/α-hetero) is 1. The smallest absolute Gasteiger partial charge is 0.303 e. The minimum Gasteiger partial charge on any atom is -0.481 e. The number of ketones is 1. The van der Waals surface area contributed by atoms with Gasteiger partial charge in [0.1, 0.15) is 5.78 Å². The van der Waals surface area contributed by atoms with Crippen molar-refractivity contribution >= 4 is 46.3 Å². The number of carboxylic acids is 1. The first-order chi connectivity index (χ1) is 17.8. The summed E-state index contributed by atoms with van der Waals surface area (Å²) in [5.74, 6) is -2.05. The molecule has 3 unspecified atom stereocenters. The van der Waals surface area contributed by atoms with Crippen LogP contribution in [0.2, 0.25) is 5.02 Å². The molecule has 6 nitrogen and oxygen atoms in total. The molecule has 3 atom stereocenters. The third-order valence-corrected chi connectivity index (χ3v) is 7.44. The maximum atomic E-state index is 13.9. The largest absolute Gasteiger partial charge is 0.481 e. The van der Waals surface area contributed by atoms with E-state index >= 15 is 0 Å². The second-order valence-electron chi connectivity index (χ2n) is 9.71. The first kappa shape index (κ1) is 24.9. The Morgan fingerprint density at radius 3 is 2.32 bits per heavy atom. The van der Waals surface area contributed by atoms with Crippen LogP contribution in [0.3, 0.4) is 0 Å². The number of hydrogen-bond donors (Lipinski definition) is 1. The number of anilines is 1. The summed E-state index contributed by atoms with van der Waals surface area (Å²) in [6.07, 6.45) is 0.436. The number of rotatable bonds is 5. The Hall–Kier alpha value is -3.77. The summed E-state index contributed by atoms with van der Waals surface area (Å²) in [7, 11) is 0. The maximum absolute atomic E-state index is 13.9. The summed E-state index contributed by atoms with van der Waals surface area (Å²) in [5.41, 5.74) is 4.84. The third-order valence-electron chi connectivity index (χ3n) is 7.19. The predicted molar refractivity (Wildman–Crippen MR) is 144 cm³/mol. The van der Waals surface area contributed by atoms with Gasteiger partial charge >= 0.3 is 5.97 Å². The fourth-order valence-corrected chi connectivity index (χ4v) is 5.52. The fraction of sp³-hybridized carbons (Fsp3) is 0.267. The molecule has 0 spiro atoms. The van der Waals surface area contributed by atoms with E-state index in [4.69, 9.17) is 16.6 Å². The summed E-state index contributed by atoms with van der Waals surface area (Å²) >= 11 is 6.09. The van der Waals surface area contributed by atoms with Gasteiger partial charge in [-0.15, -0.1) is 0 Å². The van der Waals surface area contributed by atoms with Crippen LogP contribution >= 0.6 is 11.6 Å². The average molecular weight is 515 g/mol. The summed E-state index contributed by atoms with van der Waals surface area (Å²) in [6.45, 7) is 1.98. The lowest BCUT2D eigenvalue weighted by atomic mass is 9.72. The zero-order valence-corrected chi connectivity index (χ0v) is 21.2. The van der Waals surface area contributed by atoms with Gasteiger partial charge < -0.3 is 10.0 Å². The van der Waals surface area contributed by atoms with Crippen molar-refractivity contribution in [2.45, 2.75) is 44.6 Å². The van der Waals surface area contributed by atoms with E-state index in [0.29, 0.717) is 29.2 Å². The SMILES string of the molecule is Cc1ccc(C2C3C(=O)CC(c4ccc(Cl)cc4)CC3=Nc3ccccc3N2C(=O)CCC(=O)O)cc1. The number of hydrogen-bond acceptors (Lipinski definition) is 4. The van der Waals surface area contributed by atoms with Crippen molar-refractivity contribution in [1.29, 1.82) is 0 Å². The van der Waals surface area contributed by atoms with E-state index in [2.05, 4.69) is 0 Å². The van der Waals surface area contributed by atoms with Gasteiger partial charge in [-0.2, -0.15) is 0 Å². The zero-order valence-electron chi connectivity index (χ0n) is 20.4. The van der Waals surface area contributed by atoms with Gasteiger partial charge in [-0.3, -0.25) is 19.4 Å². The lowest BCUT2D eigenvalue weighted by Crippen LogP contribution is -2.45. The van der Waals surface area contributed by atoms with Gasteiger partial charge in [-0.05, 0) is 54.7 Å². The average Bonchev–Trinajstić information content (AvgIpc) is 3.03. The highest BCUT2D eigenvalue weighted by Gasteiger charge is 2.46. The molecule has 2 aliphatic rings. The quantitative estimate of drug-likeness (QED) is 0.424. The third kappa shape index (κ3) is 5.07. The van der Waals surface area contributed by atoms with Crippen LogP contribution in [0.15, 0.2) is 77.8 Å². The van der Waals surface area contributed by atoms with Crippen molar-refractivity contribution in [3.63, 3.8) is 0 Å². The molecule has 0 aromatic heterocycles. The second kappa shape index (κ2) is 10.3. The normalized spacial score (nSPS) is 20.9. The monoisotopic (exact) mass is 514 g/mol. The first-order valence-corrected chi connectivity index (χ1v) is 12.7. The fourth-order valence-electron chi connectivity index (χ4n) is 5.40. The van der Waals surface area contributed by atoms with E-state index in [1.165, 1.54) is 0 Å². The highest BCUT2D eigenvalue weighted by atomic mass is 35.5. The molecule has 0 radical (unpaired) electrons. The number of nitrogens with zero attached hydrogens (tertiary/aromatic N) is 2. The zero-order chi connectivity index (χ0) is 26.1. The number of halogens is 1. The van der Waals surface area contributed by atoms with Crippen LogP contribution in [0.5, 0.6) is 0 Å². The predicted octanol–water partition coefficient (Wildman–Crippen LogP) is 6.44. The standard InChI is InChI=1S/C30H27ClN2O4/c1-18-6-8-20(9-7-18)30-29-24(16-21(17-26(29)34)19-10-12-22(31)13-11-19)32-23-4-2-3-5-25(23)33(30)27(35)14-15-28(36)37/h2-13,21,29-30H,14-17H2,1H3,(H,36,37). The Morgan fingerprint density at radius 1 is 0.946 bits per heavy atom. The minimum absolute atomic E-state index is 0.0133. The van der Waals surface area contributed by atoms with Crippen LogP contribution in [0.4, 0.5) is 11.4 Å². The van der Waals surface area contributed by atoms with Gasteiger partial charge in [0.15, 0.2) is 0 Å². The molecule has 7 heteroatoms. The molecule has 1 aliphatic heterocycles. The van der Waals surface area contributed by atoms with Gasteiger partial charge in [-0.25, -0.2) is 0 Å². The molecule has 1 heterocycles. The van der Waals surface area contributed by atoms with E-state index in [-0.39, 0.29) is 30.4 Å². The van der Waals surface area contributed by atoms with Crippen LogP contribution in [-0.4, -0.2) is 28.5 Å². The number of aryl methyl sites for hydroxylation is 1. The number of benzene rings is 3. The highest BCUT2D eigenvalue weighted by Crippen LogP contribution is 2.47. The molecule has 3 aromatic carbocycles. The number of amides is 1. The van der Waals surface area contributed by atoms with E-state index < -0.39 is 17.9 Å². The van der Waals surface area contributed by atoms with Gasteiger partial charge in [-0.1, -0.05) is 65.7 Å². The summed E-state index contributed by atoms with van der Waals surface area (Å²) in [6, 6.07) is 22.1. The molecule has 1 fully saturated rings. The summed E-state index contributed by atoms with van der Waals surface area (Å²) in [5, 5.41) is 9.89. The molecular formula is C30H27ClN2O4. The lowest BCUT2D eigenvalue weighted by molar-refractivity contribution is -0.138. The first-order valence-electron chi connectivity index (χ1n) is 12.4. The summed E-state index contributed by atoms with van der Waals surface area (Å²) in [4.78, 5) is 45.5. The Balaban J connectivity index is 1.64. The van der Waals surface area contributed by atoms with Crippen molar-refractivity contribution in [3.8, 4) is 0 Å². The van der Waals surface area contributed by atoms with Crippen LogP contribution in [0.1, 0.15) is 54.3 Å². The molecular weight excluding hydrogens is 488 g/mol. The Morgan fingerprint density at radius 2 is 1.62 bits per heavy atom. The van der Waals surface area contributed by atoms with Crippen LogP contribution in [0.25, 0.3) is 0 Å². The maximum Gasteiger partial charge on any atom is 0.303 e. The Labute approximate surface area is 220 Å². The lowest BCUT2D eigenvalue weighted by Gasteiger charge is -2.39. The Kier molecular flexibility index (Phi) is 6.94. The number of para-hydroxylation sites is 2. The van der Waals surface area contributed by atoms with Crippen molar-refractivity contribution in [2.75, 3.05) is 4.90 Å². The van der Waals surface area contributed by atoms with Crippen LogP contribution < -0.4 is 4.90 Å². The van der Waals surface area contributed by atoms with E-state index in [9.17, 15) is 19.5 Å². The van der Waals surface area contributed by atoms with Gasteiger partial charge in [0.05, 0.1) is 29.8 Å². The number of carbonyl (C=O) groups is 3. The van der Waals surface area contributed by atoms with E-state index in [1.807, 2.05) is 79.7 Å². The van der Waals surface area contributed by atoms with E-state index in [0.717, 1.165) is 22.4 Å². The topological polar surface area (TPSA) is 87.0 Å². The molecule has 0 bridgehead atoms. The molecule has 1 aliphatic carbocycles. The van der Waals surface area contributed by atoms with Crippen molar-refractivity contribution in [3.05, 3.63) is 94.5 Å². The molecule has 1 saturated carbocycles. The minimum atomic E-state index is -1.04. The van der Waals surface area contributed by atoms with Gasteiger partial charge in [0.2, 0.25) is 5.91 Å². The number of carbonyl (C=O) groups excluding carboxylic acids is 2. The molecule has 1 N–H and O–H groups in total. The number of carboxylic acid groups (broad SMARTS) is 1. The van der Waals surface area contributed by atoms with Gasteiger partial charge in [0.25, 0.3) is 0 Å². The van der Waals surface area contributed by atoms with Crippen molar-refractivity contribution in [1.82, 2.24) is 0 Å². The van der Waals surface area contributed by atoms with Crippen molar-refractivity contribution in [2.24, 2.45) is 10.9 Å². The van der Waals surface area contributed by atoms with E-state index in [1.54, 1.807) is 4.90 Å². The molecule has 1 amide bonds. The van der Waals surface area contributed by atoms with Gasteiger partial charge in [0, 0.05) is 23.6 Å². The summed E-state index contributed by atoms with van der Waals surface area (Å²) < 4.78 is 0. The molecule has 37 heavy (non-hydrogen) atoms. The van der Waals surface area contributed by atoms with Crippen LogP contribution in [-0.2, 0) is 14.4 Å². The molecule has 5 rings (SSSR count). The number of aliphatic imine (C=N–C) groups is 1. The second-order valence-corrected chi connectivity index (χ2v) is 10.1. The number of aliphatic carboxylic acids is 1. The Bertz CT molecular complexity index is 1380. The van der Waals surface area contributed by atoms with Crippen molar-refractivity contribution < 1.29 is 19.5 Å².